The number of benzene rings is 1. The van der Waals surface area contributed by atoms with E-state index in [4.69, 9.17) is 0 Å². The Morgan fingerprint density at radius 3 is 2.62 bits per heavy atom. The van der Waals surface area contributed by atoms with Gasteiger partial charge in [0.05, 0.1) is 6.54 Å². The largest absolute Gasteiger partial charge is 0.378 e. The molecule has 0 saturated carbocycles. The predicted octanol–water partition coefficient (Wildman–Crippen LogP) is 3.88. The second kappa shape index (κ2) is 7.57. The maximum absolute atomic E-state index is 12.1. The summed E-state index contributed by atoms with van der Waals surface area (Å²) in [5.74, 6) is -0.232. The van der Waals surface area contributed by atoms with Gasteiger partial charge in [-0.1, -0.05) is 36.4 Å². The zero-order chi connectivity index (χ0) is 16.8. The molecule has 1 unspecified atom stereocenters. The number of rotatable bonds is 6. The average Bonchev–Trinajstić information content (AvgIpc) is 3.32. The molecule has 122 valence electrons. The molecular formula is C19H17NO2S2. The highest BCUT2D eigenvalue weighted by atomic mass is 32.1. The van der Waals surface area contributed by atoms with Crippen molar-refractivity contribution in [2.75, 3.05) is 6.54 Å². The van der Waals surface area contributed by atoms with E-state index in [1.54, 1.807) is 6.08 Å². The average molecular weight is 355 g/mol. The summed E-state index contributed by atoms with van der Waals surface area (Å²) in [7, 11) is 0. The van der Waals surface area contributed by atoms with E-state index < -0.39 is 5.60 Å². The van der Waals surface area contributed by atoms with Crippen LogP contribution in [0, 0.1) is 0 Å². The molecule has 0 saturated heterocycles. The summed E-state index contributed by atoms with van der Waals surface area (Å²) in [5.41, 5.74) is 0.547. The van der Waals surface area contributed by atoms with Crippen molar-refractivity contribution in [3.05, 3.63) is 86.8 Å². The molecule has 0 spiro atoms. The molecule has 2 N–H and O–H groups in total. The van der Waals surface area contributed by atoms with Gasteiger partial charge in [-0.25, -0.2) is 0 Å². The number of amides is 1. The molecule has 2 aromatic heterocycles. The van der Waals surface area contributed by atoms with Crippen LogP contribution < -0.4 is 5.32 Å². The second-order valence-corrected chi connectivity index (χ2v) is 7.04. The van der Waals surface area contributed by atoms with Crippen molar-refractivity contribution in [2.24, 2.45) is 0 Å². The van der Waals surface area contributed by atoms with Gasteiger partial charge in [-0.2, -0.15) is 11.3 Å². The summed E-state index contributed by atoms with van der Waals surface area (Å²) >= 11 is 3.00. The number of hydrogen-bond acceptors (Lipinski definition) is 4. The lowest BCUT2D eigenvalue weighted by Gasteiger charge is -2.26. The van der Waals surface area contributed by atoms with Crippen LogP contribution in [-0.4, -0.2) is 17.6 Å². The Hall–Kier alpha value is -2.21. The van der Waals surface area contributed by atoms with Crippen LogP contribution in [0.1, 0.15) is 16.0 Å². The van der Waals surface area contributed by atoms with E-state index in [1.165, 1.54) is 28.7 Å². The van der Waals surface area contributed by atoms with Crippen LogP contribution in [0.5, 0.6) is 0 Å². The molecule has 0 fully saturated rings. The lowest BCUT2D eigenvalue weighted by Crippen LogP contribution is -2.40. The van der Waals surface area contributed by atoms with Crippen molar-refractivity contribution in [3.63, 3.8) is 0 Å². The van der Waals surface area contributed by atoms with Gasteiger partial charge in [0.15, 0.2) is 0 Å². The van der Waals surface area contributed by atoms with Crippen LogP contribution >= 0.6 is 22.7 Å². The van der Waals surface area contributed by atoms with E-state index in [0.717, 1.165) is 16.0 Å². The van der Waals surface area contributed by atoms with Crippen molar-refractivity contribution < 1.29 is 9.90 Å². The summed E-state index contributed by atoms with van der Waals surface area (Å²) in [5, 5.41) is 19.7. The van der Waals surface area contributed by atoms with Crippen LogP contribution in [0.15, 0.2) is 70.7 Å². The molecule has 1 atom stereocenters. The van der Waals surface area contributed by atoms with E-state index in [1.807, 2.05) is 64.7 Å². The molecule has 5 heteroatoms. The molecule has 1 aromatic carbocycles. The van der Waals surface area contributed by atoms with Crippen LogP contribution in [0.25, 0.3) is 6.08 Å². The molecule has 0 aliphatic heterocycles. The van der Waals surface area contributed by atoms with Gasteiger partial charge in [0.1, 0.15) is 5.60 Å². The van der Waals surface area contributed by atoms with Crippen molar-refractivity contribution in [3.8, 4) is 0 Å². The van der Waals surface area contributed by atoms with E-state index in [9.17, 15) is 9.90 Å². The smallest absolute Gasteiger partial charge is 0.244 e. The summed E-state index contributed by atoms with van der Waals surface area (Å²) in [6.45, 7) is 0.127. The Morgan fingerprint density at radius 1 is 1.12 bits per heavy atom. The molecule has 1 amide bonds. The highest BCUT2D eigenvalue weighted by Crippen LogP contribution is 2.33. The first-order valence-corrected chi connectivity index (χ1v) is 9.31. The van der Waals surface area contributed by atoms with Crippen molar-refractivity contribution in [2.45, 2.75) is 5.60 Å². The van der Waals surface area contributed by atoms with E-state index in [-0.39, 0.29) is 12.5 Å². The maximum atomic E-state index is 12.1. The topological polar surface area (TPSA) is 49.3 Å². The second-order valence-electron chi connectivity index (χ2n) is 5.31. The number of thiophene rings is 2. The number of carbonyl (C=O) groups excluding carboxylic acids is 1. The first-order chi connectivity index (χ1) is 11.7. The first-order valence-electron chi connectivity index (χ1n) is 7.48. The molecule has 24 heavy (non-hydrogen) atoms. The Balaban J connectivity index is 1.71. The zero-order valence-corrected chi connectivity index (χ0v) is 14.5. The SMILES string of the molecule is O=C(C=Cc1ccccc1)NCC(O)(c1ccsc1)c1cccs1. The monoisotopic (exact) mass is 355 g/mol. The third kappa shape index (κ3) is 3.82. The van der Waals surface area contributed by atoms with Gasteiger partial charge in [0.25, 0.3) is 0 Å². The molecule has 2 heterocycles. The fourth-order valence-corrected chi connectivity index (χ4v) is 3.92. The summed E-state index contributed by atoms with van der Waals surface area (Å²) in [6.07, 6.45) is 3.24. The van der Waals surface area contributed by atoms with Crippen LogP contribution in [0.2, 0.25) is 0 Å². The Bertz CT molecular complexity index is 759. The molecule has 0 aliphatic carbocycles. The van der Waals surface area contributed by atoms with Gasteiger partial charge in [0.2, 0.25) is 5.91 Å². The maximum Gasteiger partial charge on any atom is 0.244 e. The Kier molecular flexibility index (Phi) is 5.25. The fourth-order valence-electron chi connectivity index (χ4n) is 2.36. The number of hydrogen-bond donors (Lipinski definition) is 2. The summed E-state index contributed by atoms with van der Waals surface area (Å²) in [4.78, 5) is 12.9. The van der Waals surface area contributed by atoms with Gasteiger partial charge >= 0.3 is 0 Å². The van der Waals surface area contributed by atoms with Crippen molar-refractivity contribution >= 4 is 34.7 Å². The van der Waals surface area contributed by atoms with Gasteiger partial charge < -0.3 is 10.4 Å². The highest BCUT2D eigenvalue weighted by Gasteiger charge is 2.33. The van der Waals surface area contributed by atoms with Crippen LogP contribution in [0.4, 0.5) is 0 Å². The first kappa shape index (κ1) is 16.6. The minimum absolute atomic E-state index is 0.127. The van der Waals surface area contributed by atoms with E-state index in [2.05, 4.69) is 5.32 Å². The molecule has 3 aromatic rings. The molecule has 3 nitrogen and oxygen atoms in total. The van der Waals surface area contributed by atoms with Crippen molar-refractivity contribution in [1.82, 2.24) is 5.32 Å². The fraction of sp³-hybridized carbons (Fsp3) is 0.105. The Morgan fingerprint density at radius 2 is 1.96 bits per heavy atom. The van der Waals surface area contributed by atoms with Gasteiger partial charge in [-0.3, -0.25) is 4.79 Å². The van der Waals surface area contributed by atoms with Crippen LogP contribution in [-0.2, 0) is 10.4 Å². The molecule has 0 radical (unpaired) electrons. The molecule has 0 bridgehead atoms. The number of nitrogens with one attached hydrogen (secondary N) is 1. The summed E-state index contributed by atoms with van der Waals surface area (Å²) < 4.78 is 0. The summed E-state index contributed by atoms with van der Waals surface area (Å²) in [6, 6.07) is 15.3. The van der Waals surface area contributed by atoms with Crippen LogP contribution in [0.3, 0.4) is 0 Å². The molecule has 3 rings (SSSR count). The quantitative estimate of drug-likeness (QED) is 0.660. The Labute approximate surface area is 148 Å². The van der Waals surface area contributed by atoms with Crippen molar-refractivity contribution in [1.29, 1.82) is 0 Å². The third-order valence-electron chi connectivity index (χ3n) is 3.67. The lowest BCUT2D eigenvalue weighted by molar-refractivity contribution is -0.117. The van der Waals surface area contributed by atoms with Gasteiger partial charge in [-0.05, 0) is 39.9 Å². The third-order valence-corrected chi connectivity index (χ3v) is 5.38. The number of aliphatic hydroxyl groups is 1. The number of carbonyl (C=O) groups is 1. The van der Waals surface area contributed by atoms with E-state index in [0.29, 0.717) is 0 Å². The lowest BCUT2D eigenvalue weighted by atomic mass is 9.94. The predicted molar refractivity (Wildman–Crippen MR) is 100 cm³/mol. The van der Waals surface area contributed by atoms with Gasteiger partial charge in [-0.15, -0.1) is 11.3 Å². The van der Waals surface area contributed by atoms with E-state index >= 15 is 0 Å². The minimum Gasteiger partial charge on any atom is -0.378 e. The molecular weight excluding hydrogens is 338 g/mol. The zero-order valence-electron chi connectivity index (χ0n) is 12.9. The van der Waals surface area contributed by atoms with Gasteiger partial charge in [0, 0.05) is 16.5 Å². The molecule has 0 aliphatic rings. The minimum atomic E-state index is -1.20. The normalized spacial score (nSPS) is 13.7. The highest BCUT2D eigenvalue weighted by molar-refractivity contribution is 7.10. The standard InChI is InChI=1S/C19H17NO2S2/c21-18(9-8-15-5-2-1-3-6-15)20-14-19(22,16-10-12-23-13-16)17-7-4-11-24-17/h1-13,22H,14H2,(H,20,21).